The number of rotatable bonds is 2. The van der Waals surface area contributed by atoms with Crippen LogP contribution in [0.1, 0.15) is 27.1 Å². The molecule has 2 heterocycles. The number of benzene rings is 2. The molecule has 2 aromatic carbocycles. The summed E-state index contributed by atoms with van der Waals surface area (Å²) >= 11 is 0. The highest BCUT2D eigenvalue weighted by Gasteiger charge is 2.37. The zero-order valence-electron chi connectivity index (χ0n) is 12.4. The number of carboxylic acids is 1. The van der Waals surface area contributed by atoms with Gasteiger partial charge in [0, 0.05) is 41.2 Å². The molecule has 0 bridgehead atoms. The number of hydrogen-bond acceptors (Lipinski definition) is 4. The van der Waals surface area contributed by atoms with Gasteiger partial charge in [0.05, 0.1) is 0 Å². The number of imide groups is 1. The monoisotopic (exact) mass is 310 g/mol. The highest BCUT2D eigenvalue weighted by molar-refractivity contribution is 6.26. The first-order chi connectivity index (χ1) is 11.0. The molecule has 0 aromatic heterocycles. The van der Waals surface area contributed by atoms with E-state index in [-0.39, 0.29) is 11.8 Å². The molecule has 6 heteroatoms. The molecule has 0 saturated carbocycles. The summed E-state index contributed by atoms with van der Waals surface area (Å²) in [5.74, 6) is -1.52. The average molecular weight is 310 g/mol. The quantitative estimate of drug-likeness (QED) is 0.855. The molecule has 2 aromatic rings. The van der Waals surface area contributed by atoms with Gasteiger partial charge in [0.15, 0.2) is 0 Å². The van der Waals surface area contributed by atoms with E-state index >= 15 is 0 Å². The smallest absolute Gasteiger partial charge is 0.326 e. The number of amides is 2. The van der Waals surface area contributed by atoms with Crippen molar-refractivity contribution in [3.8, 4) is 0 Å². The van der Waals surface area contributed by atoms with Crippen molar-refractivity contribution in [2.24, 2.45) is 0 Å². The summed E-state index contributed by atoms with van der Waals surface area (Å²) in [5, 5.41) is 10.6. The zero-order valence-corrected chi connectivity index (χ0v) is 12.4. The van der Waals surface area contributed by atoms with E-state index in [0.29, 0.717) is 29.5 Å². The molecule has 1 saturated heterocycles. The van der Waals surface area contributed by atoms with Crippen LogP contribution in [0, 0.1) is 0 Å². The molecule has 2 aliphatic rings. The van der Waals surface area contributed by atoms with Gasteiger partial charge in [0.2, 0.25) is 0 Å². The lowest BCUT2D eigenvalue weighted by molar-refractivity contribution is -0.139. The SMILES string of the molecule is CN1C(=O)c2cccc3c(N4CCC4C(=O)O)ccc(c23)C1=O. The minimum atomic E-state index is -0.858. The summed E-state index contributed by atoms with van der Waals surface area (Å²) in [7, 11) is 1.47. The van der Waals surface area contributed by atoms with E-state index in [0.717, 1.165) is 16.0 Å². The molecule has 0 aliphatic carbocycles. The van der Waals surface area contributed by atoms with Crippen LogP contribution in [0.2, 0.25) is 0 Å². The molecule has 1 fully saturated rings. The lowest BCUT2D eigenvalue weighted by Gasteiger charge is -2.41. The Labute approximate surface area is 131 Å². The summed E-state index contributed by atoms with van der Waals surface area (Å²) in [6.07, 6.45) is 0.596. The summed E-state index contributed by atoms with van der Waals surface area (Å²) in [5.41, 5.74) is 1.72. The highest BCUT2D eigenvalue weighted by atomic mass is 16.4. The number of carbonyl (C=O) groups excluding carboxylic acids is 2. The lowest BCUT2D eigenvalue weighted by Crippen LogP contribution is -2.52. The fourth-order valence-corrected chi connectivity index (χ4v) is 3.38. The number of anilines is 1. The van der Waals surface area contributed by atoms with E-state index in [1.54, 1.807) is 29.2 Å². The predicted octanol–water partition coefficient (Wildman–Crippen LogP) is 1.73. The summed E-state index contributed by atoms with van der Waals surface area (Å²) in [6.45, 7) is 0.650. The molecule has 0 spiro atoms. The van der Waals surface area contributed by atoms with Gasteiger partial charge in [0.1, 0.15) is 6.04 Å². The minimum absolute atomic E-state index is 0.330. The highest BCUT2D eigenvalue weighted by Crippen LogP contribution is 2.38. The molecule has 2 amide bonds. The summed E-state index contributed by atoms with van der Waals surface area (Å²) < 4.78 is 0. The van der Waals surface area contributed by atoms with Gasteiger partial charge in [-0.15, -0.1) is 0 Å². The maximum atomic E-state index is 12.3. The van der Waals surface area contributed by atoms with Crippen molar-refractivity contribution in [2.45, 2.75) is 12.5 Å². The molecular formula is C17H14N2O4. The van der Waals surface area contributed by atoms with E-state index in [1.165, 1.54) is 7.05 Å². The van der Waals surface area contributed by atoms with Crippen molar-refractivity contribution in [1.29, 1.82) is 0 Å². The third-order valence-corrected chi connectivity index (χ3v) is 4.70. The fraction of sp³-hybridized carbons (Fsp3) is 0.235. The van der Waals surface area contributed by atoms with Gasteiger partial charge >= 0.3 is 5.97 Å². The first kappa shape index (κ1) is 13.8. The second-order valence-electron chi connectivity index (χ2n) is 5.87. The van der Waals surface area contributed by atoms with E-state index in [1.807, 2.05) is 6.07 Å². The third-order valence-electron chi connectivity index (χ3n) is 4.70. The van der Waals surface area contributed by atoms with Gasteiger partial charge in [-0.05, 0) is 24.6 Å². The Morgan fingerprint density at radius 3 is 2.43 bits per heavy atom. The Hall–Kier alpha value is -2.89. The van der Waals surface area contributed by atoms with Crippen molar-refractivity contribution >= 4 is 34.2 Å². The van der Waals surface area contributed by atoms with Gasteiger partial charge in [-0.2, -0.15) is 0 Å². The molecule has 1 atom stereocenters. The van der Waals surface area contributed by atoms with Gasteiger partial charge in [-0.25, -0.2) is 4.79 Å². The van der Waals surface area contributed by atoms with Gasteiger partial charge < -0.3 is 10.0 Å². The van der Waals surface area contributed by atoms with Crippen LogP contribution in [-0.2, 0) is 4.79 Å². The Balaban J connectivity index is 1.97. The molecule has 23 heavy (non-hydrogen) atoms. The Bertz CT molecular complexity index is 867. The molecule has 1 N–H and O–H groups in total. The van der Waals surface area contributed by atoms with Crippen LogP contribution in [0.25, 0.3) is 10.8 Å². The van der Waals surface area contributed by atoms with Crippen LogP contribution >= 0.6 is 0 Å². The Kier molecular flexibility index (Phi) is 2.72. The van der Waals surface area contributed by atoms with Crippen molar-refractivity contribution in [1.82, 2.24) is 4.90 Å². The summed E-state index contributed by atoms with van der Waals surface area (Å²) in [6, 6.07) is 8.21. The normalized spacial score (nSPS) is 20.0. The van der Waals surface area contributed by atoms with Gasteiger partial charge in [-0.1, -0.05) is 12.1 Å². The number of nitrogens with zero attached hydrogens (tertiary/aromatic N) is 2. The molecule has 6 nitrogen and oxygen atoms in total. The van der Waals surface area contributed by atoms with Crippen molar-refractivity contribution < 1.29 is 19.5 Å². The largest absolute Gasteiger partial charge is 0.480 e. The minimum Gasteiger partial charge on any atom is -0.480 e. The number of aliphatic carboxylic acids is 1. The van der Waals surface area contributed by atoms with Crippen molar-refractivity contribution in [3.05, 3.63) is 41.5 Å². The molecule has 4 rings (SSSR count). The van der Waals surface area contributed by atoms with Gasteiger partial charge in [0.25, 0.3) is 11.8 Å². The van der Waals surface area contributed by atoms with E-state index in [9.17, 15) is 19.5 Å². The molecule has 116 valence electrons. The van der Waals surface area contributed by atoms with Crippen LogP contribution in [0.15, 0.2) is 30.3 Å². The van der Waals surface area contributed by atoms with E-state index in [4.69, 9.17) is 0 Å². The maximum absolute atomic E-state index is 12.3. The second-order valence-corrected chi connectivity index (χ2v) is 5.87. The van der Waals surface area contributed by atoms with Crippen LogP contribution in [-0.4, -0.2) is 47.4 Å². The predicted molar refractivity (Wildman–Crippen MR) is 83.8 cm³/mol. The second kappa shape index (κ2) is 4.55. The average Bonchev–Trinajstić information content (AvgIpc) is 2.49. The Morgan fingerprint density at radius 2 is 1.83 bits per heavy atom. The molecular weight excluding hydrogens is 296 g/mol. The van der Waals surface area contributed by atoms with Crippen LogP contribution < -0.4 is 4.90 Å². The van der Waals surface area contributed by atoms with E-state index < -0.39 is 12.0 Å². The number of carbonyl (C=O) groups is 3. The van der Waals surface area contributed by atoms with Gasteiger partial charge in [-0.3, -0.25) is 14.5 Å². The lowest BCUT2D eigenvalue weighted by atomic mass is 9.91. The number of carboxylic acid groups (broad SMARTS) is 1. The maximum Gasteiger partial charge on any atom is 0.326 e. The standard InChI is InChI=1S/C17H14N2O4/c1-18-15(20)10-4-2-3-9-12(19-8-7-13(19)17(22)23)6-5-11(14(9)10)16(18)21/h2-6,13H,7-8H2,1H3,(H,22,23). The van der Waals surface area contributed by atoms with Crippen LogP contribution in [0.4, 0.5) is 5.69 Å². The Morgan fingerprint density at radius 1 is 1.13 bits per heavy atom. The van der Waals surface area contributed by atoms with E-state index in [2.05, 4.69) is 0 Å². The van der Waals surface area contributed by atoms with Crippen LogP contribution in [0.5, 0.6) is 0 Å². The zero-order chi connectivity index (χ0) is 16.3. The first-order valence-electron chi connectivity index (χ1n) is 7.38. The van der Waals surface area contributed by atoms with Crippen molar-refractivity contribution in [3.63, 3.8) is 0 Å². The molecule has 1 unspecified atom stereocenters. The van der Waals surface area contributed by atoms with Crippen LogP contribution in [0.3, 0.4) is 0 Å². The molecule has 2 aliphatic heterocycles. The van der Waals surface area contributed by atoms with Crippen molar-refractivity contribution in [2.75, 3.05) is 18.5 Å². The topological polar surface area (TPSA) is 77.9 Å². The summed E-state index contributed by atoms with van der Waals surface area (Å²) in [4.78, 5) is 38.9. The third kappa shape index (κ3) is 1.72. The first-order valence-corrected chi connectivity index (χ1v) is 7.38. The fourth-order valence-electron chi connectivity index (χ4n) is 3.38. The number of hydrogen-bond donors (Lipinski definition) is 1. The molecule has 0 radical (unpaired) electrons.